The molecule has 31 heavy (non-hydrogen) atoms. The quantitative estimate of drug-likeness (QED) is 0.286. The van der Waals surface area contributed by atoms with Crippen LogP contribution in [0.1, 0.15) is 42.5 Å². The van der Waals surface area contributed by atoms with Gasteiger partial charge in [-0.1, -0.05) is 19.4 Å². The molecule has 1 fully saturated rings. The number of ketones is 1. The Hall–Kier alpha value is -3.19. The number of ether oxygens (including phenoxy) is 2. The minimum atomic E-state index is -0.733. The van der Waals surface area contributed by atoms with Crippen LogP contribution >= 0.6 is 0 Å². The lowest BCUT2D eigenvalue weighted by Crippen LogP contribution is -2.32. The molecule has 7 nitrogen and oxygen atoms in total. The predicted octanol–water partition coefficient (Wildman–Crippen LogP) is 3.64. The minimum Gasteiger partial charge on any atom is -0.507 e. The Morgan fingerprint density at radius 1 is 1.23 bits per heavy atom. The number of aryl methyl sites for hydroxylation is 1. The molecular formula is C24H28N2O5. The van der Waals surface area contributed by atoms with Gasteiger partial charge < -0.3 is 19.5 Å². The highest BCUT2D eigenvalue weighted by atomic mass is 16.5. The number of benzene rings is 1. The summed E-state index contributed by atoms with van der Waals surface area (Å²) in [5.41, 5.74) is 1.94. The van der Waals surface area contributed by atoms with Crippen molar-refractivity contribution in [1.29, 1.82) is 0 Å². The molecular weight excluding hydrogens is 396 g/mol. The number of Topliss-reactive ketones (excluding diaryl/α,β-unsaturated/α-hetero) is 1. The first-order valence-electron chi connectivity index (χ1n) is 10.4. The largest absolute Gasteiger partial charge is 0.507 e. The van der Waals surface area contributed by atoms with Crippen LogP contribution in [-0.4, -0.2) is 53.5 Å². The van der Waals surface area contributed by atoms with E-state index in [2.05, 4.69) is 11.9 Å². The number of unbranched alkanes of at least 4 members (excludes halogenated alkanes) is 1. The Morgan fingerprint density at radius 2 is 2.03 bits per heavy atom. The van der Waals surface area contributed by atoms with E-state index in [1.165, 1.54) is 12.0 Å². The smallest absolute Gasteiger partial charge is 0.295 e. The molecule has 7 heteroatoms. The van der Waals surface area contributed by atoms with Crippen LogP contribution in [0.3, 0.4) is 0 Å². The molecule has 0 aliphatic carbocycles. The molecule has 1 atom stereocenters. The minimum absolute atomic E-state index is 0.0526. The van der Waals surface area contributed by atoms with Crippen molar-refractivity contribution in [3.63, 3.8) is 0 Å². The van der Waals surface area contributed by atoms with Crippen molar-refractivity contribution >= 4 is 17.4 Å². The summed E-state index contributed by atoms with van der Waals surface area (Å²) in [6.07, 6.45) is 5.21. The molecule has 0 bridgehead atoms. The lowest BCUT2D eigenvalue weighted by atomic mass is 9.94. The van der Waals surface area contributed by atoms with Crippen molar-refractivity contribution < 1.29 is 24.2 Å². The van der Waals surface area contributed by atoms with Gasteiger partial charge in [0.2, 0.25) is 0 Å². The molecule has 1 aliphatic rings. The average molecular weight is 424 g/mol. The number of hydrogen-bond donors (Lipinski definition) is 1. The highest BCUT2D eigenvalue weighted by molar-refractivity contribution is 6.46. The number of aliphatic hydroxyl groups is 1. The van der Waals surface area contributed by atoms with Crippen LogP contribution in [-0.2, 0) is 14.3 Å². The molecule has 1 amide bonds. The lowest BCUT2D eigenvalue weighted by Gasteiger charge is -2.24. The molecule has 0 saturated carbocycles. The van der Waals surface area contributed by atoms with Gasteiger partial charge in [-0.2, -0.15) is 0 Å². The van der Waals surface area contributed by atoms with Crippen molar-refractivity contribution in [1.82, 2.24) is 9.88 Å². The Morgan fingerprint density at radius 3 is 2.68 bits per heavy atom. The second-order valence-corrected chi connectivity index (χ2v) is 7.45. The van der Waals surface area contributed by atoms with Gasteiger partial charge in [-0.15, -0.1) is 0 Å². The number of amides is 1. The van der Waals surface area contributed by atoms with Gasteiger partial charge >= 0.3 is 0 Å². The van der Waals surface area contributed by atoms with Crippen molar-refractivity contribution in [3.8, 4) is 5.75 Å². The summed E-state index contributed by atoms with van der Waals surface area (Å²) in [4.78, 5) is 31.2. The van der Waals surface area contributed by atoms with Crippen LogP contribution < -0.4 is 4.74 Å². The molecule has 164 valence electrons. The molecule has 1 aromatic heterocycles. The molecule has 2 heterocycles. The standard InChI is InChI=1S/C24H28N2O5/c1-4-5-12-31-18-8-9-19(16(2)14-18)22(27)20-21(17-7-6-10-25-15-17)26(11-13-30-3)24(29)23(20)28/h6-10,14-15,21,27H,4-5,11-13H2,1-3H3/b22-20-. The summed E-state index contributed by atoms with van der Waals surface area (Å²) in [5, 5.41) is 11.2. The van der Waals surface area contributed by atoms with E-state index in [4.69, 9.17) is 9.47 Å². The maximum Gasteiger partial charge on any atom is 0.295 e. The fourth-order valence-corrected chi connectivity index (χ4v) is 3.66. The zero-order valence-corrected chi connectivity index (χ0v) is 18.1. The van der Waals surface area contributed by atoms with Gasteiger partial charge in [0, 0.05) is 31.6 Å². The monoisotopic (exact) mass is 424 g/mol. The third kappa shape index (κ3) is 4.77. The van der Waals surface area contributed by atoms with Gasteiger partial charge in [0.05, 0.1) is 24.8 Å². The molecule has 0 spiro atoms. The van der Waals surface area contributed by atoms with Crippen LogP contribution in [0, 0.1) is 6.92 Å². The van der Waals surface area contributed by atoms with E-state index >= 15 is 0 Å². The van der Waals surface area contributed by atoms with Crippen molar-refractivity contribution in [3.05, 3.63) is 65.0 Å². The maximum absolute atomic E-state index is 12.9. The van der Waals surface area contributed by atoms with E-state index in [0.29, 0.717) is 23.5 Å². The zero-order chi connectivity index (χ0) is 22.4. The molecule has 1 unspecified atom stereocenters. The molecule has 1 aliphatic heterocycles. The van der Waals surface area contributed by atoms with E-state index in [-0.39, 0.29) is 24.5 Å². The molecule has 1 aromatic carbocycles. The van der Waals surface area contributed by atoms with Gasteiger partial charge in [0.25, 0.3) is 11.7 Å². The zero-order valence-electron chi connectivity index (χ0n) is 18.1. The SMILES string of the molecule is CCCCOc1ccc(/C(O)=C2/C(=O)C(=O)N(CCOC)C2c2cccnc2)c(C)c1. The van der Waals surface area contributed by atoms with Crippen LogP contribution in [0.15, 0.2) is 48.3 Å². The van der Waals surface area contributed by atoms with E-state index < -0.39 is 17.7 Å². The van der Waals surface area contributed by atoms with Crippen molar-refractivity contribution in [2.75, 3.05) is 26.9 Å². The number of pyridine rings is 1. The molecule has 1 N–H and O–H groups in total. The Kier molecular flexibility index (Phi) is 7.41. The maximum atomic E-state index is 12.9. The first kappa shape index (κ1) is 22.5. The number of likely N-dealkylation sites (tertiary alicyclic amines) is 1. The average Bonchev–Trinajstić information content (AvgIpc) is 3.03. The van der Waals surface area contributed by atoms with Crippen LogP contribution in [0.2, 0.25) is 0 Å². The number of aliphatic hydroxyl groups excluding tert-OH is 1. The van der Waals surface area contributed by atoms with E-state index in [0.717, 1.165) is 18.4 Å². The number of rotatable bonds is 9. The van der Waals surface area contributed by atoms with Crippen LogP contribution in [0.5, 0.6) is 5.75 Å². The summed E-state index contributed by atoms with van der Waals surface area (Å²) >= 11 is 0. The summed E-state index contributed by atoms with van der Waals surface area (Å²) in [6.45, 7) is 5.04. The fourth-order valence-electron chi connectivity index (χ4n) is 3.66. The Bertz CT molecular complexity index is 971. The van der Waals surface area contributed by atoms with Gasteiger partial charge in [-0.3, -0.25) is 14.6 Å². The summed E-state index contributed by atoms with van der Waals surface area (Å²) in [5.74, 6) is -0.883. The topological polar surface area (TPSA) is 89.0 Å². The fraction of sp³-hybridized carbons (Fsp3) is 0.375. The van der Waals surface area contributed by atoms with E-state index in [9.17, 15) is 14.7 Å². The molecule has 1 saturated heterocycles. The second-order valence-electron chi connectivity index (χ2n) is 7.45. The first-order valence-corrected chi connectivity index (χ1v) is 10.4. The number of nitrogens with zero attached hydrogens (tertiary/aromatic N) is 2. The third-order valence-corrected chi connectivity index (χ3v) is 5.30. The lowest BCUT2D eigenvalue weighted by molar-refractivity contribution is -0.140. The number of carbonyl (C=O) groups excluding carboxylic acids is 2. The normalized spacial score (nSPS) is 17.9. The number of methoxy groups -OCH3 is 1. The number of hydrogen-bond acceptors (Lipinski definition) is 6. The third-order valence-electron chi connectivity index (χ3n) is 5.30. The van der Waals surface area contributed by atoms with Gasteiger partial charge in [0.15, 0.2) is 0 Å². The van der Waals surface area contributed by atoms with Crippen LogP contribution in [0.25, 0.3) is 5.76 Å². The number of aromatic nitrogens is 1. The highest BCUT2D eigenvalue weighted by Gasteiger charge is 2.46. The number of carbonyl (C=O) groups is 2. The Balaban J connectivity index is 2.04. The van der Waals surface area contributed by atoms with Crippen molar-refractivity contribution in [2.45, 2.75) is 32.7 Å². The van der Waals surface area contributed by atoms with Gasteiger partial charge in [0.1, 0.15) is 11.5 Å². The summed E-state index contributed by atoms with van der Waals surface area (Å²) in [7, 11) is 1.53. The van der Waals surface area contributed by atoms with Crippen molar-refractivity contribution in [2.24, 2.45) is 0 Å². The first-order chi connectivity index (χ1) is 15.0. The second kappa shape index (κ2) is 10.2. The predicted molar refractivity (Wildman–Crippen MR) is 117 cm³/mol. The molecule has 0 radical (unpaired) electrons. The molecule has 2 aromatic rings. The Labute approximate surface area is 182 Å². The van der Waals surface area contributed by atoms with Crippen LogP contribution in [0.4, 0.5) is 0 Å². The van der Waals surface area contributed by atoms with Gasteiger partial charge in [-0.05, 0) is 48.7 Å². The van der Waals surface area contributed by atoms with Gasteiger partial charge in [-0.25, -0.2) is 0 Å². The summed E-state index contributed by atoms with van der Waals surface area (Å²) in [6, 6.07) is 8.09. The highest BCUT2D eigenvalue weighted by Crippen LogP contribution is 2.39. The van der Waals surface area contributed by atoms with E-state index in [1.54, 1.807) is 36.7 Å². The summed E-state index contributed by atoms with van der Waals surface area (Å²) < 4.78 is 10.8. The van der Waals surface area contributed by atoms with E-state index in [1.807, 2.05) is 13.0 Å². The molecule has 3 rings (SSSR count).